The Morgan fingerprint density at radius 3 is 2.47 bits per heavy atom. The number of fused-ring (bicyclic) bond motifs is 1. The summed E-state index contributed by atoms with van der Waals surface area (Å²) in [5.74, 6) is -0.240. The van der Waals surface area contributed by atoms with Crippen LogP contribution in [-0.4, -0.2) is 85.7 Å². The number of carbonyl (C=O) groups excluding carboxylic acids is 2. The van der Waals surface area contributed by atoms with E-state index in [1.807, 2.05) is 33.8 Å². The molecule has 4 aromatic heterocycles. The Kier molecular flexibility index (Phi) is 8.12. The summed E-state index contributed by atoms with van der Waals surface area (Å²) in [6.45, 7) is 8.13. The number of pyridine rings is 2. The molecule has 13 heteroatoms. The predicted octanol–water partition coefficient (Wildman–Crippen LogP) is 5.13. The van der Waals surface area contributed by atoms with Crippen LogP contribution in [0.5, 0.6) is 0 Å². The first-order chi connectivity index (χ1) is 22.2. The molecule has 244 valence electrons. The van der Waals surface area contributed by atoms with E-state index in [-0.39, 0.29) is 28.2 Å². The molecule has 6 rings (SSSR count). The van der Waals surface area contributed by atoms with Gasteiger partial charge >= 0.3 is 6.09 Å². The Morgan fingerprint density at radius 1 is 1.04 bits per heavy atom. The lowest BCUT2D eigenvalue weighted by molar-refractivity contribution is 0.0226. The number of likely N-dealkylation sites (tertiary alicyclic amines) is 1. The number of hydrogen-bond donors (Lipinski definition) is 0. The summed E-state index contributed by atoms with van der Waals surface area (Å²) in [7, 11) is -0.546. The van der Waals surface area contributed by atoms with Gasteiger partial charge in [0.25, 0.3) is 15.9 Å². The Morgan fingerprint density at radius 2 is 1.79 bits per heavy atom. The van der Waals surface area contributed by atoms with Crippen LogP contribution in [0.4, 0.5) is 4.79 Å². The number of benzene rings is 1. The summed E-state index contributed by atoms with van der Waals surface area (Å²) >= 11 is 0. The van der Waals surface area contributed by atoms with Gasteiger partial charge in [-0.1, -0.05) is 24.3 Å². The Labute approximate surface area is 273 Å². The third-order valence-corrected chi connectivity index (χ3v) is 9.83. The number of amides is 2. The van der Waals surface area contributed by atoms with Crippen molar-refractivity contribution in [2.45, 2.75) is 50.7 Å². The zero-order valence-corrected chi connectivity index (χ0v) is 28.0. The lowest BCUT2D eigenvalue weighted by atomic mass is 10.1. The van der Waals surface area contributed by atoms with Gasteiger partial charge in [0.15, 0.2) is 5.65 Å². The van der Waals surface area contributed by atoms with E-state index in [0.29, 0.717) is 53.1 Å². The average molecular weight is 656 g/mol. The molecule has 0 N–H and O–H groups in total. The van der Waals surface area contributed by atoms with Crippen LogP contribution >= 0.6 is 0 Å². The minimum atomic E-state index is -4.02. The number of likely N-dealkylation sites (N-methyl/N-ethyl adjacent to an activating group) is 1. The number of hydrogen-bond acceptors (Lipinski definition) is 8. The fourth-order valence-corrected chi connectivity index (χ4v) is 7.29. The number of aryl methyl sites for hydroxylation is 2. The molecule has 1 aromatic carbocycles. The van der Waals surface area contributed by atoms with Gasteiger partial charge < -0.3 is 14.5 Å². The minimum Gasteiger partial charge on any atom is -0.444 e. The normalized spacial score (nSPS) is 15.3. The van der Waals surface area contributed by atoms with E-state index in [2.05, 4.69) is 15.1 Å². The Hall–Kier alpha value is -5.04. The minimum absolute atomic E-state index is 0.139. The molecule has 0 bridgehead atoms. The van der Waals surface area contributed by atoms with Crippen LogP contribution < -0.4 is 0 Å². The first-order valence-corrected chi connectivity index (χ1v) is 16.7. The van der Waals surface area contributed by atoms with Gasteiger partial charge in [0.2, 0.25) is 0 Å². The second-order valence-corrected chi connectivity index (χ2v) is 14.5. The first-order valence-electron chi connectivity index (χ1n) is 15.3. The number of rotatable bonds is 6. The summed E-state index contributed by atoms with van der Waals surface area (Å²) in [4.78, 5) is 38.8. The highest BCUT2D eigenvalue weighted by Gasteiger charge is 2.34. The third kappa shape index (κ3) is 6.22. The van der Waals surface area contributed by atoms with E-state index in [1.165, 1.54) is 3.97 Å². The topological polar surface area (TPSA) is 133 Å². The van der Waals surface area contributed by atoms with Crippen molar-refractivity contribution in [2.24, 2.45) is 7.05 Å². The predicted molar refractivity (Wildman–Crippen MR) is 177 cm³/mol. The number of aromatic nitrogens is 5. The summed E-state index contributed by atoms with van der Waals surface area (Å²) in [6, 6.07) is 16.9. The standard InChI is InChI=1S/C34H37N7O5S/c1-22-27(21-38(5)37-22)30-18-23-17-24(19-35-31(23)41(30)47(44,45)26-11-8-7-9-12-26)28-13-10-14-29(36-28)32(42)40-16-15-25(20-40)39(6)33(43)46-34(2,3)4/h7-14,17-19,21,25H,15-16,20H2,1-6H3. The second-order valence-electron chi connectivity index (χ2n) is 12.7. The maximum absolute atomic E-state index is 14.0. The molecular formula is C34H37N7O5S. The summed E-state index contributed by atoms with van der Waals surface area (Å²) in [5, 5.41) is 5.02. The van der Waals surface area contributed by atoms with Gasteiger partial charge in [0.05, 0.1) is 28.0 Å². The summed E-state index contributed by atoms with van der Waals surface area (Å²) < 4.78 is 36.4. The summed E-state index contributed by atoms with van der Waals surface area (Å²) in [6.07, 6.45) is 3.56. The zero-order valence-electron chi connectivity index (χ0n) is 27.2. The van der Waals surface area contributed by atoms with E-state index in [0.717, 1.165) is 0 Å². The molecule has 1 atom stereocenters. The second kappa shape index (κ2) is 12.0. The van der Waals surface area contributed by atoms with Crippen molar-refractivity contribution in [3.63, 3.8) is 0 Å². The van der Waals surface area contributed by atoms with Crippen molar-refractivity contribution in [2.75, 3.05) is 20.1 Å². The number of carbonyl (C=O) groups is 2. The lowest BCUT2D eigenvalue weighted by Gasteiger charge is -2.28. The van der Waals surface area contributed by atoms with Crippen LogP contribution in [0, 0.1) is 6.92 Å². The zero-order chi connectivity index (χ0) is 33.7. The average Bonchev–Trinajstić information content (AvgIpc) is 3.76. The Bertz CT molecular complexity index is 2100. The van der Waals surface area contributed by atoms with Crippen molar-refractivity contribution in [3.05, 3.63) is 84.4 Å². The quantitative estimate of drug-likeness (QED) is 0.246. The van der Waals surface area contributed by atoms with Crippen LogP contribution in [0.25, 0.3) is 33.5 Å². The lowest BCUT2D eigenvalue weighted by Crippen LogP contribution is -2.42. The molecule has 0 radical (unpaired) electrons. The van der Waals surface area contributed by atoms with E-state index in [4.69, 9.17) is 4.74 Å². The van der Waals surface area contributed by atoms with Crippen LogP contribution in [-0.2, 0) is 21.8 Å². The van der Waals surface area contributed by atoms with Crippen molar-refractivity contribution < 1.29 is 22.7 Å². The van der Waals surface area contributed by atoms with Gasteiger partial charge in [-0.15, -0.1) is 0 Å². The molecule has 0 saturated carbocycles. The van der Waals surface area contributed by atoms with Gasteiger partial charge in [-0.05, 0) is 70.5 Å². The molecule has 0 aliphatic carbocycles. The van der Waals surface area contributed by atoms with Crippen molar-refractivity contribution >= 4 is 33.1 Å². The van der Waals surface area contributed by atoms with Crippen LogP contribution in [0.1, 0.15) is 43.4 Å². The van der Waals surface area contributed by atoms with Crippen LogP contribution in [0.3, 0.4) is 0 Å². The van der Waals surface area contributed by atoms with Crippen molar-refractivity contribution in [1.82, 2.24) is 33.5 Å². The van der Waals surface area contributed by atoms with Gasteiger partial charge in [-0.25, -0.2) is 27.2 Å². The van der Waals surface area contributed by atoms with E-state index in [1.54, 1.807) is 95.6 Å². The highest BCUT2D eigenvalue weighted by atomic mass is 32.2. The van der Waals surface area contributed by atoms with Gasteiger partial charge in [-0.2, -0.15) is 5.10 Å². The molecule has 1 aliphatic rings. The largest absolute Gasteiger partial charge is 0.444 e. The van der Waals surface area contributed by atoms with Crippen molar-refractivity contribution in [3.8, 4) is 22.5 Å². The molecule has 1 aliphatic heterocycles. The number of nitrogens with zero attached hydrogens (tertiary/aromatic N) is 7. The monoisotopic (exact) mass is 655 g/mol. The summed E-state index contributed by atoms with van der Waals surface area (Å²) in [5.41, 5.74) is 2.84. The molecular weight excluding hydrogens is 618 g/mol. The molecule has 5 heterocycles. The van der Waals surface area contributed by atoms with Gasteiger partial charge in [0, 0.05) is 56.1 Å². The highest BCUT2D eigenvalue weighted by molar-refractivity contribution is 7.90. The molecule has 1 fully saturated rings. The highest BCUT2D eigenvalue weighted by Crippen LogP contribution is 2.34. The van der Waals surface area contributed by atoms with Gasteiger partial charge in [0.1, 0.15) is 11.3 Å². The van der Waals surface area contributed by atoms with Crippen LogP contribution in [0.2, 0.25) is 0 Å². The maximum Gasteiger partial charge on any atom is 0.410 e. The molecule has 5 aromatic rings. The first kappa shape index (κ1) is 31.9. The smallest absolute Gasteiger partial charge is 0.410 e. The molecule has 12 nitrogen and oxygen atoms in total. The Balaban J connectivity index is 1.32. The molecule has 1 unspecified atom stereocenters. The third-order valence-electron chi connectivity index (χ3n) is 8.11. The van der Waals surface area contributed by atoms with Crippen molar-refractivity contribution in [1.29, 1.82) is 0 Å². The van der Waals surface area contributed by atoms with Gasteiger partial charge in [-0.3, -0.25) is 9.48 Å². The number of ether oxygens (including phenoxy) is 1. The molecule has 1 saturated heterocycles. The van der Waals surface area contributed by atoms with E-state index < -0.39 is 21.7 Å². The molecule has 0 spiro atoms. The fraction of sp³-hybridized carbons (Fsp3) is 0.324. The molecule has 47 heavy (non-hydrogen) atoms. The van der Waals surface area contributed by atoms with E-state index in [9.17, 15) is 18.0 Å². The van der Waals surface area contributed by atoms with Crippen LogP contribution in [0.15, 0.2) is 78.0 Å². The van der Waals surface area contributed by atoms with E-state index >= 15 is 0 Å². The maximum atomic E-state index is 14.0. The SMILES string of the molecule is Cc1nn(C)cc1-c1cc2cc(-c3cccc(C(=O)N4CCC(N(C)C(=O)OC(C)(C)C)C4)n3)cnc2n1S(=O)(=O)c1ccccc1. The molecule has 2 amide bonds. The fourth-order valence-electron chi connectivity index (χ4n) is 5.79.